The molecule has 1 aliphatic carbocycles. The molecule has 0 unspecified atom stereocenters. The predicted molar refractivity (Wildman–Crippen MR) is 79.8 cm³/mol. The summed E-state index contributed by atoms with van der Waals surface area (Å²) in [4.78, 5) is 0. The molecule has 2 aromatic rings. The number of benzene rings is 1. The molecule has 1 saturated carbocycles. The van der Waals surface area contributed by atoms with Crippen molar-refractivity contribution < 1.29 is 0 Å². The fourth-order valence-corrected chi connectivity index (χ4v) is 3.09. The lowest BCUT2D eigenvalue weighted by molar-refractivity contribution is 0.677. The topological polar surface area (TPSA) is 37.8 Å². The Hall–Kier alpha value is -0.970. The Balaban J connectivity index is 1.70. The first kappa shape index (κ1) is 13.0. The molecule has 0 aliphatic heterocycles. The third-order valence-electron chi connectivity index (χ3n) is 3.24. The van der Waals surface area contributed by atoms with Gasteiger partial charge in [-0.3, -0.25) is 0 Å². The highest BCUT2D eigenvalue weighted by Crippen LogP contribution is 2.32. The van der Waals surface area contributed by atoms with E-state index in [1.165, 1.54) is 12.8 Å². The van der Waals surface area contributed by atoms with Crippen molar-refractivity contribution in [3.63, 3.8) is 0 Å². The molecule has 1 N–H and O–H groups in total. The van der Waals surface area contributed by atoms with E-state index in [9.17, 15) is 0 Å². The monoisotopic (exact) mass is 293 g/mol. The van der Waals surface area contributed by atoms with Gasteiger partial charge in [0.1, 0.15) is 10.0 Å². The number of hydrogen-bond donors (Lipinski definition) is 1. The zero-order valence-electron chi connectivity index (χ0n) is 10.8. The Morgan fingerprint density at radius 3 is 3.00 bits per heavy atom. The highest BCUT2D eigenvalue weighted by molar-refractivity contribution is 7.14. The summed E-state index contributed by atoms with van der Waals surface area (Å²) in [6.45, 7) is 2.99. The minimum atomic E-state index is 0.749. The summed E-state index contributed by atoms with van der Waals surface area (Å²) in [5.74, 6) is 0. The molecule has 0 spiro atoms. The van der Waals surface area contributed by atoms with Gasteiger partial charge in [-0.25, -0.2) is 0 Å². The standard InChI is InChI=1S/C14H16ClN3S/c1-9-3-2-4-11(13(9)15)14-18-17-12(19-14)7-8-16-10-5-6-10/h2-4,10,16H,5-8H2,1H3. The maximum Gasteiger partial charge on any atom is 0.149 e. The second-order valence-electron chi connectivity index (χ2n) is 4.92. The molecule has 1 fully saturated rings. The Morgan fingerprint density at radius 1 is 1.37 bits per heavy atom. The number of aromatic nitrogens is 2. The quantitative estimate of drug-likeness (QED) is 0.917. The van der Waals surface area contributed by atoms with E-state index in [0.717, 1.165) is 45.2 Å². The van der Waals surface area contributed by atoms with Crippen LogP contribution in [0.15, 0.2) is 18.2 Å². The van der Waals surface area contributed by atoms with Gasteiger partial charge in [-0.15, -0.1) is 10.2 Å². The first-order valence-corrected chi connectivity index (χ1v) is 7.75. The Labute approximate surface area is 122 Å². The van der Waals surface area contributed by atoms with Gasteiger partial charge in [0.25, 0.3) is 0 Å². The highest BCUT2D eigenvalue weighted by Gasteiger charge is 2.20. The van der Waals surface area contributed by atoms with Crippen LogP contribution in [0.4, 0.5) is 0 Å². The van der Waals surface area contributed by atoms with E-state index in [4.69, 9.17) is 11.6 Å². The van der Waals surface area contributed by atoms with E-state index < -0.39 is 0 Å². The lowest BCUT2D eigenvalue weighted by Crippen LogP contribution is -2.19. The molecule has 0 atom stereocenters. The first-order chi connectivity index (χ1) is 9.24. The molecule has 0 bridgehead atoms. The van der Waals surface area contributed by atoms with Crippen molar-refractivity contribution in [1.82, 2.24) is 15.5 Å². The number of rotatable bonds is 5. The van der Waals surface area contributed by atoms with Crippen LogP contribution >= 0.6 is 22.9 Å². The molecule has 1 aliphatic rings. The summed E-state index contributed by atoms with van der Waals surface area (Å²) in [7, 11) is 0. The second kappa shape index (κ2) is 5.57. The number of halogens is 1. The molecule has 19 heavy (non-hydrogen) atoms. The van der Waals surface area contributed by atoms with Crippen LogP contribution in [0.3, 0.4) is 0 Å². The molecular formula is C14H16ClN3S. The van der Waals surface area contributed by atoms with Crippen molar-refractivity contribution in [3.8, 4) is 10.6 Å². The van der Waals surface area contributed by atoms with Gasteiger partial charge in [0.05, 0.1) is 5.02 Å². The van der Waals surface area contributed by atoms with Gasteiger partial charge < -0.3 is 5.32 Å². The van der Waals surface area contributed by atoms with E-state index in [1.807, 2.05) is 25.1 Å². The summed E-state index contributed by atoms with van der Waals surface area (Å²) in [6.07, 6.45) is 3.58. The summed E-state index contributed by atoms with van der Waals surface area (Å²) >= 11 is 7.95. The predicted octanol–water partition coefficient (Wildman–Crippen LogP) is 3.46. The molecule has 1 heterocycles. The molecule has 5 heteroatoms. The van der Waals surface area contributed by atoms with Crippen molar-refractivity contribution in [2.45, 2.75) is 32.2 Å². The Morgan fingerprint density at radius 2 is 2.21 bits per heavy atom. The van der Waals surface area contributed by atoms with E-state index >= 15 is 0 Å². The molecule has 3 nitrogen and oxygen atoms in total. The van der Waals surface area contributed by atoms with Crippen molar-refractivity contribution in [2.75, 3.05) is 6.54 Å². The summed E-state index contributed by atoms with van der Waals surface area (Å²) in [5, 5.41) is 14.8. The SMILES string of the molecule is Cc1cccc(-c2nnc(CCNC3CC3)s2)c1Cl. The minimum Gasteiger partial charge on any atom is -0.314 e. The van der Waals surface area contributed by atoms with E-state index in [1.54, 1.807) is 11.3 Å². The van der Waals surface area contributed by atoms with Crippen LogP contribution in [0.2, 0.25) is 5.02 Å². The zero-order valence-corrected chi connectivity index (χ0v) is 12.4. The van der Waals surface area contributed by atoms with Crippen LogP contribution in [0.5, 0.6) is 0 Å². The van der Waals surface area contributed by atoms with E-state index in [2.05, 4.69) is 15.5 Å². The number of aryl methyl sites for hydroxylation is 1. The maximum absolute atomic E-state index is 6.32. The van der Waals surface area contributed by atoms with Crippen LogP contribution in [0.1, 0.15) is 23.4 Å². The van der Waals surface area contributed by atoms with E-state index in [-0.39, 0.29) is 0 Å². The highest BCUT2D eigenvalue weighted by atomic mass is 35.5. The number of hydrogen-bond acceptors (Lipinski definition) is 4. The summed E-state index contributed by atoms with van der Waals surface area (Å²) < 4.78 is 0. The lowest BCUT2D eigenvalue weighted by Gasteiger charge is -2.02. The number of nitrogens with one attached hydrogen (secondary N) is 1. The van der Waals surface area contributed by atoms with Crippen molar-refractivity contribution in [3.05, 3.63) is 33.8 Å². The van der Waals surface area contributed by atoms with Crippen LogP contribution in [0.25, 0.3) is 10.6 Å². The van der Waals surface area contributed by atoms with E-state index in [0.29, 0.717) is 0 Å². The Kier molecular flexibility index (Phi) is 3.82. The average Bonchev–Trinajstić information content (AvgIpc) is 3.10. The van der Waals surface area contributed by atoms with Gasteiger partial charge in [0.2, 0.25) is 0 Å². The normalized spacial score (nSPS) is 14.8. The maximum atomic E-state index is 6.32. The molecule has 100 valence electrons. The van der Waals surface area contributed by atoms with Gasteiger partial charge in [0.15, 0.2) is 0 Å². The largest absolute Gasteiger partial charge is 0.314 e. The van der Waals surface area contributed by atoms with Crippen molar-refractivity contribution in [1.29, 1.82) is 0 Å². The molecule has 3 rings (SSSR count). The first-order valence-electron chi connectivity index (χ1n) is 6.55. The zero-order chi connectivity index (χ0) is 13.2. The Bertz CT molecular complexity index is 578. The molecule has 0 radical (unpaired) electrons. The van der Waals surface area contributed by atoms with Crippen molar-refractivity contribution >= 4 is 22.9 Å². The lowest BCUT2D eigenvalue weighted by atomic mass is 10.1. The van der Waals surface area contributed by atoms with Gasteiger partial charge in [0, 0.05) is 24.6 Å². The van der Waals surface area contributed by atoms with Gasteiger partial charge in [-0.05, 0) is 25.3 Å². The van der Waals surface area contributed by atoms with Gasteiger partial charge in [-0.1, -0.05) is 41.1 Å². The molecule has 1 aromatic carbocycles. The number of nitrogens with zero attached hydrogens (tertiary/aromatic N) is 2. The smallest absolute Gasteiger partial charge is 0.149 e. The summed E-state index contributed by atoms with van der Waals surface area (Å²) in [6, 6.07) is 6.76. The van der Waals surface area contributed by atoms with Crippen LogP contribution in [-0.2, 0) is 6.42 Å². The van der Waals surface area contributed by atoms with Gasteiger partial charge >= 0.3 is 0 Å². The van der Waals surface area contributed by atoms with Gasteiger partial charge in [-0.2, -0.15) is 0 Å². The van der Waals surface area contributed by atoms with Crippen molar-refractivity contribution in [2.24, 2.45) is 0 Å². The van der Waals surface area contributed by atoms with Crippen LogP contribution < -0.4 is 5.32 Å². The summed E-state index contributed by atoms with van der Waals surface area (Å²) in [5.41, 5.74) is 2.06. The minimum absolute atomic E-state index is 0.749. The molecule has 0 amide bonds. The second-order valence-corrected chi connectivity index (χ2v) is 6.36. The molecular weight excluding hydrogens is 278 g/mol. The fraction of sp³-hybridized carbons (Fsp3) is 0.429. The third-order valence-corrected chi connectivity index (χ3v) is 4.76. The molecule has 0 saturated heterocycles. The average molecular weight is 294 g/mol. The fourth-order valence-electron chi connectivity index (χ4n) is 1.95. The third kappa shape index (κ3) is 3.14. The van der Waals surface area contributed by atoms with Crippen LogP contribution in [0, 0.1) is 6.92 Å². The molecule has 1 aromatic heterocycles. The van der Waals surface area contributed by atoms with Crippen LogP contribution in [-0.4, -0.2) is 22.8 Å².